The number of rotatable bonds is 7. The van der Waals surface area contributed by atoms with Crippen LogP contribution in [0.4, 0.5) is 4.79 Å². The van der Waals surface area contributed by atoms with Gasteiger partial charge in [0.05, 0.1) is 6.42 Å². The highest BCUT2D eigenvalue weighted by atomic mass is 16.6. The molecule has 1 aromatic rings. The number of carbonyl (C=O) groups excluding carboxylic acids is 3. The second kappa shape index (κ2) is 10.9. The number of benzene rings is 1. The van der Waals surface area contributed by atoms with Gasteiger partial charge in [-0.25, -0.2) is 4.79 Å². The van der Waals surface area contributed by atoms with Crippen molar-refractivity contribution in [3.8, 4) is 0 Å². The molecule has 1 aliphatic heterocycles. The third-order valence-electron chi connectivity index (χ3n) is 4.50. The molecule has 166 valence electrons. The Labute approximate surface area is 177 Å². The fraction of sp³-hybridized carbons (Fsp3) is 0.571. The van der Waals surface area contributed by atoms with Crippen LogP contribution in [0.1, 0.15) is 32.8 Å². The molecule has 0 spiro atoms. The fourth-order valence-corrected chi connectivity index (χ4v) is 3.11. The van der Waals surface area contributed by atoms with Crippen molar-refractivity contribution in [3.05, 3.63) is 35.9 Å². The monoisotopic (exact) mass is 421 g/mol. The van der Waals surface area contributed by atoms with Crippen molar-refractivity contribution in [2.75, 3.05) is 32.9 Å². The van der Waals surface area contributed by atoms with Gasteiger partial charge in [-0.3, -0.25) is 20.2 Å². The minimum atomic E-state index is -0.814. The Morgan fingerprint density at radius 1 is 1.03 bits per heavy atom. The highest BCUT2D eigenvalue weighted by Gasteiger charge is 2.34. The standard InChI is InChI=1S/C21H31N3O6/c1-21(2,3)30-18(25)13-17(19(26)29-15-22)23-9-11-24(12-10-23)20(27)28-14-16-7-5-4-6-8-16/h4-8,17H,9-15,22H2,1-3H3/t17-/m0/s1. The fourth-order valence-electron chi connectivity index (χ4n) is 3.11. The summed E-state index contributed by atoms with van der Waals surface area (Å²) in [6, 6.07) is 8.62. The number of nitrogens with zero attached hydrogens (tertiary/aromatic N) is 2. The van der Waals surface area contributed by atoms with Gasteiger partial charge in [-0.05, 0) is 26.3 Å². The highest BCUT2D eigenvalue weighted by molar-refractivity contribution is 5.83. The first-order chi connectivity index (χ1) is 14.2. The lowest BCUT2D eigenvalue weighted by Gasteiger charge is -2.37. The lowest BCUT2D eigenvalue weighted by molar-refractivity contribution is -0.163. The summed E-state index contributed by atoms with van der Waals surface area (Å²) in [5, 5.41) is 0. The Kier molecular flexibility index (Phi) is 8.61. The number of amides is 1. The van der Waals surface area contributed by atoms with Crippen LogP contribution >= 0.6 is 0 Å². The Morgan fingerprint density at radius 3 is 2.23 bits per heavy atom. The molecule has 0 saturated carbocycles. The molecule has 9 nitrogen and oxygen atoms in total. The molecule has 0 bridgehead atoms. The van der Waals surface area contributed by atoms with Crippen molar-refractivity contribution < 1.29 is 28.6 Å². The maximum atomic E-state index is 12.4. The van der Waals surface area contributed by atoms with E-state index in [-0.39, 0.29) is 19.8 Å². The second-order valence-corrected chi connectivity index (χ2v) is 8.00. The van der Waals surface area contributed by atoms with Crippen molar-refractivity contribution in [2.24, 2.45) is 5.73 Å². The lowest BCUT2D eigenvalue weighted by Crippen LogP contribution is -2.55. The molecular weight excluding hydrogens is 390 g/mol. The van der Waals surface area contributed by atoms with Gasteiger partial charge in [-0.2, -0.15) is 0 Å². The first kappa shape index (κ1) is 23.6. The number of hydrogen-bond acceptors (Lipinski definition) is 8. The smallest absolute Gasteiger partial charge is 0.410 e. The third-order valence-corrected chi connectivity index (χ3v) is 4.50. The van der Waals surface area contributed by atoms with Crippen molar-refractivity contribution in [3.63, 3.8) is 0 Å². The Bertz CT molecular complexity index is 711. The molecule has 0 aliphatic carbocycles. The van der Waals surface area contributed by atoms with Crippen LogP contribution in [0.25, 0.3) is 0 Å². The van der Waals surface area contributed by atoms with E-state index in [0.29, 0.717) is 26.2 Å². The number of carbonyl (C=O) groups is 3. The van der Waals surface area contributed by atoms with Crippen LogP contribution < -0.4 is 5.73 Å². The van der Waals surface area contributed by atoms with Gasteiger partial charge in [0.2, 0.25) is 0 Å². The molecule has 1 atom stereocenters. The molecule has 1 heterocycles. The van der Waals surface area contributed by atoms with E-state index in [1.54, 1.807) is 25.7 Å². The van der Waals surface area contributed by atoms with Crippen molar-refractivity contribution in [1.29, 1.82) is 0 Å². The SMILES string of the molecule is CC(C)(C)OC(=O)C[C@@H](C(=O)OCN)N1CCN(C(=O)OCc2ccccc2)CC1. The molecule has 30 heavy (non-hydrogen) atoms. The molecule has 0 unspecified atom stereocenters. The van der Waals surface area contributed by atoms with Crippen LogP contribution in [0.5, 0.6) is 0 Å². The quantitative estimate of drug-likeness (QED) is 0.401. The summed E-state index contributed by atoms with van der Waals surface area (Å²) < 4.78 is 15.6. The largest absolute Gasteiger partial charge is 0.460 e. The van der Waals surface area contributed by atoms with Gasteiger partial charge in [-0.1, -0.05) is 30.3 Å². The zero-order chi connectivity index (χ0) is 22.1. The van der Waals surface area contributed by atoms with E-state index in [0.717, 1.165) is 5.56 Å². The maximum absolute atomic E-state index is 12.4. The van der Waals surface area contributed by atoms with Crippen LogP contribution in [-0.2, 0) is 30.4 Å². The summed E-state index contributed by atoms with van der Waals surface area (Å²) in [6.45, 7) is 6.75. The number of hydrogen-bond donors (Lipinski definition) is 1. The maximum Gasteiger partial charge on any atom is 0.410 e. The van der Waals surface area contributed by atoms with Crippen molar-refractivity contribution in [1.82, 2.24) is 9.80 Å². The molecule has 1 aromatic carbocycles. The summed E-state index contributed by atoms with van der Waals surface area (Å²) >= 11 is 0. The zero-order valence-corrected chi connectivity index (χ0v) is 17.8. The van der Waals surface area contributed by atoms with E-state index in [2.05, 4.69) is 0 Å². The molecular formula is C21H31N3O6. The van der Waals surface area contributed by atoms with Crippen LogP contribution in [0.2, 0.25) is 0 Å². The van der Waals surface area contributed by atoms with E-state index in [4.69, 9.17) is 19.9 Å². The average Bonchev–Trinajstić information content (AvgIpc) is 2.70. The summed E-state index contributed by atoms with van der Waals surface area (Å²) in [7, 11) is 0. The predicted molar refractivity (Wildman–Crippen MR) is 109 cm³/mol. The minimum Gasteiger partial charge on any atom is -0.460 e. The number of nitrogens with two attached hydrogens (primary N) is 1. The zero-order valence-electron chi connectivity index (χ0n) is 17.8. The van der Waals surface area contributed by atoms with Crippen molar-refractivity contribution >= 4 is 18.0 Å². The van der Waals surface area contributed by atoms with E-state index >= 15 is 0 Å². The first-order valence-corrected chi connectivity index (χ1v) is 9.98. The third kappa shape index (κ3) is 7.64. The van der Waals surface area contributed by atoms with Gasteiger partial charge in [0.15, 0.2) is 0 Å². The summed E-state index contributed by atoms with van der Waals surface area (Å²) in [5.41, 5.74) is 5.58. The van der Waals surface area contributed by atoms with E-state index < -0.39 is 29.7 Å². The Hall–Kier alpha value is -2.65. The van der Waals surface area contributed by atoms with Crippen LogP contribution in [0, 0.1) is 0 Å². The number of esters is 2. The Balaban J connectivity index is 1.90. The van der Waals surface area contributed by atoms with E-state index in [1.807, 2.05) is 35.2 Å². The molecule has 0 aromatic heterocycles. The van der Waals surface area contributed by atoms with Gasteiger partial charge in [0, 0.05) is 26.2 Å². The van der Waals surface area contributed by atoms with Crippen LogP contribution in [0.15, 0.2) is 30.3 Å². The molecule has 1 aliphatic rings. The number of ether oxygens (including phenoxy) is 3. The predicted octanol–water partition coefficient (Wildman–Crippen LogP) is 1.50. The van der Waals surface area contributed by atoms with Gasteiger partial charge >= 0.3 is 18.0 Å². The normalized spacial score (nSPS) is 15.9. The van der Waals surface area contributed by atoms with Crippen molar-refractivity contribution in [2.45, 2.75) is 45.4 Å². The van der Waals surface area contributed by atoms with Gasteiger partial charge in [-0.15, -0.1) is 0 Å². The van der Waals surface area contributed by atoms with Gasteiger partial charge in [0.25, 0.3) is 0 Å². The summed E-state index contributed by atoms with van der Waals surface area (Å²) in [6.07, 6.45) is -0.555. The molecule has 2 rings (SSSR count). The molecule has 1 saturated heterocycles. The average molecular weight is 421 g/mol. The topological polar surface area (TPSA) is 111 Å². The molecule has 0 radical (unpaired) electrons. The van der Waals surface area contributed by atoms with Crippen LogP contribution in [0.3, 0.4) is 0 Å². The van der Waals surface area contributed by atoms with Gasteiger partial charge < -0.3 is 19.1 Å². The van der Waals surface area contributed by atoms with E-state index in [9.17, 15) is 14.4 Å². The highest BCUT2D eigenvalue weighted by Crippen LogP contribution is 2.16. The number of piperazine rings is 1. The summed E-state index contributed by atoms with van der Waals surface area (Å²) in [4.78, 5) is 40.3. The van der Waals surface area contributed by atoms with Crippen LogP contribution in [-0.4, -0.2) is 72.4 Å². The molecule has 2 N–H and O–H groups in total. The summed E-state index contributed by atoms with van der Waals surface area (Å²) in [5.74, 6) is -1.07. The minimum absolute atomic E-state index is 0.144. The Morgan fingerprint density at radius 2 is 1.67 bits per heavy atom. The first-order valence-electron chi connectivity index (χ1n) is 9.98. The van der Waals surface area contributed by atoms with Gasteiger partial charge in [0.1, 0.15) is 25.0 Å². The molecule has 1 amide bonds. The second-order valence-electron chi connectivity index (χ2n) is 8.00. The molecule has 1 fully saturated rings. The lowest BCUT2D eigenvalue weighted by atomic mass is 10.1. The van der Waals surface area contributed by atoms with E-state index in [1.165, 1.54) is 0 Å². The molecule has 9 heteroatoms.